The molecule has 0 spiro atoms. The Morgan fingerprint density at radius 2 is 1.78 bits per heavy atom. The molecule has 9 heavy (non-hydrogen) atoms. The fourth-order valence-electron chi connectivity index (χ4n) is 0.295. The number of halogens is 3. The molecule has 1 radical (unpaired) electrons. The monoisotopic (exact) mass is 334 g/mol. The normalized spacial score (nSPS) is 12.4. The molecule has 2 nitrogen and oxygen atoms in total. The zero-order chi connectivity index (χ0) is 3.54. The van der Waals surface area contributed by atoms with Gasteiger partial charge in [0.2, 0.25) is 0 Å². The van der Waals surface area contributed by atoms with Gasteiger partial charge < -0.3 is 60.8 Å². The van der Waals surface area contributed by atoms with Crippen molar-refractivity contribution >= 4 is 25.0 Å². The molecule has 0 aliphatic carbocycles. The number of hydrogen-bond donors (Lipinski definition) is 1. The first-order chi connectivity index (χ1) is 2.50. The summed E-state index contributed by atoms with van der Waals surface area (Å²) in [5, 5.41) is 2.88. The topological polar surface area (TPSA) is 21.3 Å². The van der Waals surface area contributed by atoms with E-state index < -0.39 is 0 Å². The smallest absolute Gasteiger partial charge is 1.00 e. The zero-order valence-electron chi connectivity index (χ0n) is 4.61. The van der Waals surface area contributed by atoms with E-state index in [4.69, 9.17) is 4.65 Å². The summed E-state index contributed by atoms with van der Waals surface area (Å²) in [5.41, 5.74) is 0. The van der Waals surface area contributed by atoms with E-state index in [0.717, 1.165) is 13.2 Å². The van der Waals surface area contributed by atoms with Crippen LogP contribution in [0.15, 0.2) is 0 Å². The summed E-state index contributed by atoms with van der Waals surface area (Å²) in [5.74, 6) is 0. The van der Waals surface area contributed by atoms with Crippen molar-refractivity contribution in [3.8, 4) is 0 Å². The summed E-state index contributed by atoms with van der Waals surface area (Å²) in [6.07, 6.45) is 0. The second kappa shape index (κ2) is 16.5. The third kappa shape index (κ3) is 13.0. The van der Waals surface area contributed by atoms with Gasteiger partial charge in [0.15, 0.2) is 0 Å². The van der Waals surface area contributed by atoms with E-state index in [0.29, 0.717) is 0 Å². The van der Waals surface area contributed by atoms with Gasteiger partial charge in [-0.2, -0.15) is 0 Å². The van der Waals surface area contributed by atoms with Gasteiger partial charge >= 0.3 is 25.0 Å². The van der Waals surface area contributed by atoms with Crippen molar-refractivity contribution < 1.29 is 55.6 Å². The summed E-state index contributed by atoms with van der Waals surface area (Å²) in [4.78, 5) is 0. The SMILES string of the molecule is [Al+3].[B]1NCCO1.[Br-].[Br-].[Br-]. The largest absolute Gasteiger partial charge is 3.00 e. The van der Waals surface area contributed by atoms with Crippen LogP contribution in [0, 0.1) is 0 Å². The summed E-state index contributed by atoms with van der Waals surface area (Å²) in [6.45, 7) is 1.81. The molecule has 0 aromatic carbocycles. The molecule has 0 atom stereocenters. The van der Waals surface area contributed by atoms with Crippen molar-refractivity contribution in [2.45, 2.75) is 0 Å². The molecule has 0 bridgehead atoms. The molecule has 1 rings (SSSR count). The predicted octanol–water partition coefficient (Wildman–Crippen LogP) is -10.2. The Labute approximate surface area is 98.2 Å². The van der Waals surface area contributed by atoms with E-state index in [9.17, 15) is 0 Å². The van der Waals surface area contributed by atoms with Crippen LogP contribution in [0.4, 0.5) is 0 Å². The van der Waals surface area contributed by atoms with Gasteiger partial charge in [-0.3, -0.25) is 0 Å². The second-order valence-electron chi connectivity index (χ2n) is 0.943. The summed E-state index contributed by atoms with van der Waals surface area (Å²) >= 11 is 0. The van der Waals surface area contributed by atoms with Crippen LogP contribution < -0.4 is 56.2 Å². The van der Waals surface area contributed by atoms with Crippen LogP contribution in [0.3, 0.4) is 0 Å². The van der Waals surface area contributed by atoms with Crippen LogP contribution in [0.1, 0.15) is 0 Å². The molecule has 0 saturated carbocycles. The molecule has 1 fully saturated rings. The molecule has 0 aromatic heterocycles. The Balaban J connectivity index is -0.0000000312. The van der Waals surface area contributed by atoms with Gasteiger partial charge in [-0.1, -0.05) is 0 Å². The molecule has 1 saturated heterocycles. The van der Waals surface area contributed by atoms with Crippen LogP contribution in [0.25, 0.3) is 0 Å². The molecule has 0 aromatic rings. The number of nitrogens with one attached hydrogen (secondary N) is 1. The van der Waals surface area contributed by atoms with Gasteiger partial charge in [-0.25, -0.2) is 0 Å². The van der Waals surface area contributed by atoms with Crippen LogP contribution in [0.2, 0.25) is 0 Å². The first-order valence-electron chi connectivity index (χ1n) is 1.67. The molecule has 51 valence electrons. The second-order valence-corrected chi connectivity index (χ2v) is 0.943. The van der Waals surface area contributed by atoms with Crippen LogP contribution in [-0.2, 0) is 4.65 Å². The van der Waals surface area contributed by atoms with Gasteiger partial charge in [0.25, 0.3) is 0 Å². The van der Waals surface area contributed by atoms with Crippen LogP contribution in [0.5, 0.6) is 0 Å². The Hall–Kier alpha value is 1.96. The minimum atomic E-state index is 0. The van der Waals surface area contributed by atoms with Gasteiger partial charge in [0.1, 0.15) is 0 Å². The van der Waals surface area contributed by atoms with E-state index in [1.807, 2.05) is 0 Å². The van der Waals surface area contributed by atoms with E-state index in [2.05, 4.69) is 5.23 Å². The van der Waals surface area contributed by atoms with Gasteiger partial charge in [-0.05, 0) is 0 Å². The van der Waals surface area contributed by atoms with Gasteiger partial charge in [-0.15, -0.1) is 0 Å². The molecular formula is C2H5AlBBr3NO. The van der Waals surface area contributed by atoms with E-state index in [-0.39, 0.29) is 68.3 Å². The molecule has 1 aliphatic rings. The summed E-state index contributed by atoms with van der Waals surface area (Å²) < 4.78 is 4.71. The van der Waals surface area contributed by atoms with E-state index >= 15 is 0 Å². The maximum absolute atomic E-state index is 4.71. The molecule has 1 heterocycles. The summed E-state index contributed by atoms with van der Waals surface area (Å²) in [7, 11) is 1.61. The standard InChI is InChI=1S/C2H5BNO.Al.3BrH/c1-2-5-3-4-1;;;;/h4H,1-2H2;;3*1H/q;+3;;;/p-3. The van der Waals surface area contributed by atoms with Crippen molar-refractivity contribution in [2.24, 2.45) is 0 Å². The predicted molar refractivity (Wildman–Crippen MR) is 25.5 cm³/mol. The minimum Gasteiger partial charge on any atom is -1.00 e. The maximum atomic E-state index is 4.71. The van der Waals surface area contributed by atoms with Gasteiger partial charge in [0.05, 0.1) is 0 Å². The van der Waals surface area contributed by atoms with Crippen molar-refractivity contribution in [2.75, 3.05) is 13.2 Å². The van der Waals surface area contributed by atoms with Crippen molar-refractivity contribution in [3.05, 3.63) is 0 Å². The van der Waals surface area contributed by atoms with Gasteiger partial charge in [0, 0.05) is 13.2 Å². The Morgan fingerprint density at radius 1 is 1.22 bits per heavy atom. The summed E-state index contributed by atoms with van der Waals surface area (Å²) in [6, 6.07) is 0. The van der Waals surface area contributed by atoms with Crippen molar-refractivity contribution in [1.82, 2.24) is 5.23 Å². The quantitative estimate of drug-likeness (QED) is 0.444. The Kier molecular flexibility index (Phi) is 41.2. The number of hydrogen-bond acceptors (Lipinski definition) is 2. The van der Waals surface area contributed by atoms with Crippen molar-refractivity contribution in [3.63, 3.8) is 0 Å². The molecule has 0 unspecified atom stereocenters. The first kappa shape index (κ1) is 22.4. The average molecular weight is 337 g/mol. The molecule has 7 heteroatoms. The van der Waals surface area contributed by atoms with E-state index in [1.54, 1.807) is 7.62 Å². The fourth-order valence-corrected chi connectivity index (χ4v) is 0.295. The van der Waals surface area contributed by atoms with Crippen LogP contribution in [-0.4, -0.2) is 38.1 Å². The average Bonchev–Trinajstić information content (AvgIpc) is 1.76. The molecule has 0 amide bonds. The first-order valence-corrected chi connectivity index (χ1v) is 1.67. The van der Waals surface area contributed by atoms with E-state index in [1.165, 1.54) is 0 Å². The number of rotatable bonds is 0. The Bertz CT molecular complexity index is 33.4. The molecule has 1 N–H and O–H groups in total. The third-order valence-electron chi connectivity index (χ3n) is 0.531. The third-order valence-corrected chi connectivity index (χ3v) is 0.531. The minimum absolute atomic E-state index is 0. The van der Waals surface area contributed by atoms with Crippen molar-refractivity contribution in [1.29, 1.82) is 0 Å². The van der Waals surface area contributed by atoms with Crippen LogP contribution >= 0.6 is 0 Å². The fraction of sp³-hybridized carbons (Fsp3) is 1.00. The zero-order valence-corrected chi connectivity index (χ0v) is 10.5. The Morgan fingerprint density at radius 3 is 1.89 bits per heavy atom. The molecule has 1 aliphatic heterocycles. The molecular weight excluding hydrogens is 332 g/mol. The maximum Gasteiger partial charge on any atom is 3.00 e.